The fourth-order valence-corrected chi connectivity index (χ4v) is 6.37. The Bertz CT molecular complexity index is 1830. The third-order valence-electron chi connectivity index (χ3n) is 8.86. The Hall–Kier alpha value is -4.47. The number of carboxylic acid groups (broad SMARTS) is 1. The van der Waals surface area contributed by atoms with Gasteiger partial charge in [0.05, 0.1) is 35.2 Å². The van der Waals surface area contributed by atoms with E-state index < -0.39 is 17.7 Å². The van der Waals surface area contributed by atoms with E-state index in [1.807, 2.05) is 65.0 Å². The zero-order valence-corrected chi connectivity index (χ0v) is 30.0. The topological polar surface area (TPSA) is 98.4 Å². The average Bonchev–Trinajstić information content (AvgIpc) is 3.47. The summed E-state index contributed by atoms with van der Waals surface area (Å²) in [5.41, 5.74) is 5.47. The molecule has 0 saturated carbocycles. The molecule has 2 aromatic heterocycles. The SMILES string of the molecule is C=CCOC1(C)CCN(c2c(C(OC(C)(C)C)C(=O)O)c(C)nc3cc(-c4cccc(-c5cc(C)ccc5O[C@@H](C)CC=C)c4)nn23)CC1. The van der Waals surface area contributed by atoms with E-state index in [2.05, 4.69) is 56.2 Å². The number of aryl methyl sites for hydroxylation is 2. The molecule has 0 aliphatic carbocycles. The number of hydrogen-bond acceptors (Lipinski definition) is 7. The summed E-state index contributed by atoms with van der Waals surface area (Å²) in [7, 11) is 0. The summed E-state index contributed by atoms with van der Waals surface area (Å²) < 4.78 is 20.5. The van der Waals surface area contributed by atoms with Crippen LogP contribution in [0.5, 0.6) is 5.75 Å². The molecular weight excluding hydrogens is 616 g/mol. The Morgan fingerprint density at radius 3 is 2.43 bits per heavy atom. The molecule has 1 N–H and O–H groups in total. The van der Waals surface area contributed by atoms with Crippen LogP contribution in [0.1, 0.15) is 76.8 Å². The lowest BCUT2D eigenvalue weighted by atomic mass is 9.92. The predicted octanol–water partition coefficient (Wildman–Crippen LogP) is 8.53. The van der Waals surface area contributed by atoms with Gasteiger partial charge < -0.3 is 24.2 Å². The fourth-order valence-electron chi connectivity index (χ4n) is 6.37. The molecule has 0 bridgehead atoms. The van der Waals surface area contributed by atoms with Crippen LogP contribution in [-0.2, 0) is 14.3 Å². The number of nitrogens with zero attached hydrogens (tertiary/aromatic N) is 4. The van der Waals surface area contributed by atoms with Crippen LogP contribution >= 0.6 is 0 Å². The molecule has 1 aliphatic rings. The Labute approximate surface area is 290 Å². The summed E-state index contributed by atoms with van der Waals surface area (Å²) in [4.78, 5) is 19.9. The summed E-state index contributed by atoms with van der Waals surface area (Å²) in [6.45, 7) is 23.1. The summed E-state index contributed by atoms with van der Waals surface area (Å²) in [6.07, 6.45) is 4.63. The maximum absolute atomic E-state index is 12.8. The number of benzene rings is 2. The lowest BCUT2D eigenvalue weighted by molar-refractivity contribution is -0.160. The van der Waals surface area contributed by atoms with Gasteiger partial charge in [0.15, 0.2) is 11.8 Å². The van der Waals surface area contributed by atoms with E-state index in [0.29, 0.717) is 42.4 Å². The van der Waals surface area contributed by atoms with Crippen LogP contribution in [0.15, 0.2) is 73.8 Å². The average molecular weight is 667 g/mol. The predicted molar refractivity (Wildman–Crippen MR) is 195 cm³/mol. The number of carbonyl (C=O) groups is 1. The fraction of sp³-hybridized carbons (Fsp3) is 0.425. The van der Waals surface area contributed by atoms with Crippen molar-refractivity contribution in [3.05, 3.63) is 90.7 Å². The van der Waals surface area contributed by atoms with Gasteiger partial charge >= 0.3 is 5.97 Å². The van der Waals surface area contributed by atoms with Gasteiger partial charge in [-0.25, -0.2) is 9.78 Å². The van der Waals surface area contributed by atoms with Crippen molar-refractivity contribution in [2.45, 2.75) is 91.1 Å². The number of fused-ring (bicyclic) bond motifs is 1. The van der Waals surface area contributed by atoms with E-state index in [4.69, 9.17) is 24.3 Å². The second kappa shape index (κ2) is 14.6. The number of anilines is 1. The Kier molecular flexibility index (Phi) is 10.6. The molecule has 1 aliphatic heterocycles. The third-order valence-corrected chi connectivity index (χ3v) is 8.86. The van der Waals surface area contributed by atoms with Crippen molar-refractivity contribution in [3.63, 3.8) is 0 Å². The van der Waals surface area contributed by atoms with Crippen LogP contribution in [0, 0.1) is 13.8 Å². The van der Waals surface area contributed by atoms with Gasteiger partial charge in [-0.15, -0.1) is 13.2 Å². The monoisotopic (exact) mass is 666 g/mol. The van der Waals surface area contributed by atoms with Crippen molar-refractivity contribution < 1.29 is 24.1 Å². The van der Waals surface area contributed by atoms with Crippen LogP contribution < -0.4 is 9.64 Å². The molecule has 1 saturated heterocycles. The molecule has 1 fully saturated rings. The van der Waals surface area contributed by atoms with Crippen molar-refractivity contribution in [3.8, 4) is 28.1 Å². The number of ether oxygens (including phenoxy) is 3. The minimum Gasteiger partial charge on any atom is -0.490 e. The Morgan fingerprint density at radius 2 is 1.78 bits per heavy atom. The van der Waals surface area contributed by atoms with Crippen molar-refractivity contribution >= 4 is 17.4 Å². The minimum atomic E-state index is -1.24. The van der Waals surface area contributed by atoms with Crippen molar-refractivity contribution in [1.82, 2.24) is 14.6 Å². The molecule has 0 spiro atoms. The highest BCUT2D eigenvalue weighted by Crippen LogP contribution is 2.39. The molecule has 0 radical (unpaired) electrons. The molecule has 3 heterocycles. The number of aromatic nitrogens is 3. The zero-order valence-electron chi connectivity index (χ0n) is 30.0. The van der Waals surface area contributed by atoms with Gasteiger partial charge in [0, 0.05) is 42.4 Å². The number of rotatable bonds is 13. The van der Waals surface area contributed by atoms with Crippen LogP contribution in [0.2, 0.25) is 0 Å². The zero-order chi connectivity index (χ0) is 35.5. The van der Waals surface area contributed by atoms with E-state index in [1.165, 1.54) is 0 Å². The number of piperidine rings is 1. The summed E-state index contributed by atoms with van der Waals surface area (Å²) in [5, 5.41) is 15.6. The van der Waals surface area contributed by atoms with Gasteiger partial charge in [-0.1, -0.05) is 42.0 Å². The van der Waals surface area contributed by atoms with E-state index >= 15 is 0 Å². The first-order chi connectivity index (χ1) is 23.2. The van der Waals surface area contributed by atoms with Crippen LogP contribution in [0.25, 0.3) is 28.0 Å². The largest absolute Gasteiger partial charge is 0.490 e. The highest BCUT2D eigenvalue weighted by atomic mass is 16.5. The second-order valence-electron chi connectivity index (χ2n) is 14.3. The summed E-state index contributed by atoms with van der Waals surface area (Å²) >= 11 is 0. The van der Waals surface area contributed by atoms with Gasteiger partial charge in [-0.05, 0) is 85.1 Å². The van der Waals surface area contributed by atoms with E-state index in [9.17, 15) is 9.90 Å². The maximum atomic E-state index is 12.8. The molecule has 2 aromatic carbocycles. The molecule has 4 aromatic rings. The summed E-state index contributed by atoms with van der Waals surface area (Å²) in [6, 6.07) is 16.4. The van der Waals surface area contributed by atoms with E-state index in [-0.39, 0.29) is 11.7 Å². The van der Waals surface area contributed by atoms with Gasteiger partial charge in [0.2, 0.25) is 0 Å². The second-order valence-corrected chi connectivity index (χ2v) is 14.3. The molecule has 260 valence electrons. The van der Waals surface area contributed by atoms with Crippen molar-refractivity contribution in [2.75, 3.05) is 24.6 Å². The van der Waals surface area contributed by atoms with E-state index in [1.54, 1.807) is 10.6 Å². The molecule has 1 unspecified atom stereocenters. The number of hydrogen-bond donors (Lipinski definition) is 1. The van der Waals surface area contributed by atoms with Crippen LogP contribution in [-0.4, -0.2) is 62.7 Å². The molecule has 2 atom stereocenters. The van der Waals surface area contributed by atoms with Gasteiger partial charge in [-0.3, -0.25) is 0 Å². The lowest BCUT2D eigenvalue weighted by Crippen LogP contribution is -2.45. The molecule has 0 amide bonds. The lowest BCUT2D eigenvalue weighted by Gasteiger charge is -2.41. The minimum absolute atomic E-state index is 0.0133. The Balaban J connectivity index is 1.63. The van der Waals surface area contributed by atoms with Gasteiger partial charge in [-0.2, -0.15) is 9.61 Å². The molecule has 9 nitrogen and oxygen atoms in total. The smallest absolute Gasteiger partial charge is 0.337 e. The van der Waals surface area contributed by atoms with Crippen LogP contribution in [0.4, 0.5) is 5.82 Å². The van der Waals surface area contributed by atoms with Crippen LogP contribution in [0.3, 0.4) is 0 Å². The summed E-state index contributed by atoms with van der Waals surface area (Å²) in [5.74, 6) is 0.414. The maximum Gasteiger partial charge on any atom is 0.337 e. The standard InChI is InChI=1S/C40H50N4O5/c1-10-13-27(4)48-33-17-16-26(3)23-31(33)29-14-12-15-30(24-29)32-25-34-41-28(5)35(36(38(45)46)49-39(6,7)8)37(44(34)42-32)43-20-18-40(9,19-21-43)47-22-11-2/h10-12,14-17,23-25,27,36H,1-2,13,18-22H2,3-9H3,(H,45,46)/t27-,36?/m0/s1. The molecule has 5 rings (SSSR count). The Morgan fingerprint density at radius 1 is 1.06 bits per heavy atom. The normalized spacial score (nSPS) is 15.9. The third kappa shape index (κ3) is 8.23. The van der Waals surface area contributed by atoms with Crippen molar-refractivity contribution in [1.29, 1.82) is 0 Å². The highest BCUT2D eigenvalue weighted by molar-refractivity contribution is 5.80. The first-order valence-corrected chi connectivity index (χ1v) is 17.0. The first-order valence-electron chi connectivity index (χ1n) is 17.0. The quantitative estimate of drug-likeness (QED) is 0.142. The number of aliphatic carboxylic acids is 1. The molecular formula is C40H50N4O5. The number of carboxylic acids is 1. The van der Waals surface area contributed by atoms with E-state index in [0.717, 1.165) is 53.0 Å². The molecule has 9 heteroatoms. The van der Waals surface area contributed by atoms with Gasteiger partial charge in [0.1, 0.15) is 11.6 Å². The van der Waals surface area contributed by atoms with Gasteiger partial charge in [0.25, 0.3) is 0 Å². The molecule has 49 heavy (non-hydrogen) atoms. The van der Waals surface area contributed by atoms with Crippen molar-refractivity contribution in [2.24, 2.45) is 0 Å². The first kappa shape index (κ1) is 35.8. The highest BCUT2D eigenvalue weighted by Gasteiger charge is 2.37.